The van der Waals surface area contributed by atoms with E-state index in [0.717, 1.165) is 16.7 Å². The van der Waals surface area contributed by atoms with Crippen LogP contribution in [0.25, 0.3) is 0 Å². The van der Waals surface area contributed by atoms with E-state index >= 15 is 0 Å². The third-order valence-corrected chi connectivity index (χ3v) is 3.35. The second kappa shape index (κ2) is 4.93. The first kappa shape index (κ1) is 12.2. The molecule has 4 nitrogen and oxygen atoms in total. The Labute approximate surface area is 106 Å². The molecule has 0 saturated carbocycles. The number of nitrogens with zero attached hydrogens (tertiary/aromatic N) is 1. The maximum Gasteiger partial charge on any atom is 0.290 e. The maximum atomic E-state index is 12.9. The predicted molar refractivity (Wildman–Crippen MR) is 64.6 cm³/mol. The van der Waals surface area contributed by atoms with Crippen molar-refractivity contribution in [1.82, 2.24) is 4.90 Å². The Balaban J connectivity index is 2.00. The van der Waals surface area contributed by atoms with Gasteiger partial charge in [-0.25, -0.2) is 4.39 Å². The highest BCUT2D eigenvalue weighted by molar-refractivity contribution is 8.14. The van der Waals surface area contributed by atoms with Crippen molar-refractivity contribution in [3.05, 3.63) is 29.0 Å². The lowest BCUT2D eigenvalue weighted by atomic mass is 10.3. The number of imide groups is 1. The molecule has 0 aliphatic carbocycles. The number of rotatable bonds is 3. The molecule has 1 aromatic rings. The Hall–Kier alpha value is -1.27. The number of carbonyl (C=O) groups is 2. The molecule has 0 radical (unpaired) electrons. The third-order valence-electron chi connectivity index (χ3n) is 2.20. The molecule has 1 aliphatic rings. The SMILES string of the molecule is O=C1CSC(=O)N1CNc1ccc(F)c(Cl)c1. The number of nitrogens with one attached hydrogen (secondary N) is 1. The lowest BCUT2D eigenvalue weighted by molar-refractivity contribution is -0.124. The smallest absolute Gasteiger partial charge is 0.290 e. The number of amides is 2. The van der Waals surface area contributed by atoms with Gasteiger partial charge in [-0.2, -0.15) is 0 Å². The average Bonchev–Trinajstić information content (AvgIpc) is 2.61. The van der Waals surface area contributed by atoms with Crippen LogP contribution in [0.4, 0.5) is 14.9 Å². The summed E-state index contributed by atoms with van der Waals surface area (Å²) in [6.45, 7) is 0.0621. The Morgan fingerprint density at radius 2 is 2.24 bits per heavy atom. The first-order valence-corrected chi connectivity index (χ1v) is 6.10. The first-order valence-electron chi connectivity index (χ1n) is 4.74. The molecule has 1 aromatic carbocycles. The molecule has 1 saturated heterocycles. The zero-order valence-electron chi connectivity index (χ0n) is 8.57. The Kier molecular flexibility index (Phi) is 3.54. The summed E-state index contributed by atoms with van der Waals surface area (Å²) in [5.41, 5.74) is 0.550. The summed E-state index contributed by atoms with van der Waals surface area (Å²) in [5.74, 6) is -0.577. The zero-order valence-corrected chi connectivity index (χ0v) is 10.1. The second-order valence-corrected chi connectivity index (χ2v) is 4.67. The second-order valence-electron chi connectivity index (χ2n) is 3.34. The van der Waals surface area contributed by atoms with Crippen LogP contribution in [0.15, 0.2) is 18.2 Å². The minimum Gasteiger partial charge on any atom is -0.367 e. The summed E-state index contributed by atoms with van der Waals surface area (Å²) >= 11 is 6.57. The van der Waals surface area contributed by atoms with Crippen molar-refractivity contribution in [1.29, 1.82) is 0 Å². The van der Waals surface area contributed by atoms with E-state index < -0.39 is 5.82 Å². The van der Waals surface area contributed by atoms with Crippen LogP contribution < -0.4 is 5.32 Å². The van der Waals surface area contributed by atoms with E-state index in [4.69, 9.17) is 11.6 Å². The predicted octanol–water partition coefficient (Wildman–Crippen LogP) is 2.54. The van der Waals surface area contributed by atoms with Crippen molar-refractivity contribution in [3.63, 3.8) is 0 Å². The molecule has 1 heterocycles. The standard InChI is InChI=1S/C10H8ClFN2O2S/c11-7-3-6(1-2-8(7)12)13-5-14-9(15)4-17-10(14)16/h1-3,13H,4-5H2. The molecule has 1 aliphatic heterocycles. The lowest BCUT2D eigenvalue weighted by Gasteiger charge is -2.14. The molecular weight excluding hydrogens is 267 g/mol. The fourth-order valence-corrected chi connectivity index (χ4v) is 2.22. The molecule has 0 unspecified atom stereocenters. The first-order chi connectivity index (χ1) is 8.08. The topological polar surface area (TPSA) is 49.4 Å². The minimum atomic E-state index is -0.513. The van der Waals surface area contributed by atoms with E-state index in [2.05, 4.69) is 5.32 Å². The molecule has 0 bridgehead atoms. The van der Waals surface area contributed by atoms with Gasteiger partial charge >= 0.3 is 0 Å². The number of hydrogen-bond donors (Lipinski definition) is 1. The summed E-state index contributed by atoms with van der Waals surface area (Å²) < 4.78 is 12.9. The number of thioether (sulfide) groups is 1. The van der Waals surface area contributed by atoms with Crippen LogP contribution in [0.5, 0.6) is 0 Å². The van der Waals surface area contributed by atoms with E-state index in [-0.39, 0.29) is 28.6 Å². The molecule has 0 atom stereocenters. The van der Waals surface area contributed by atoms with Crippen molar-refractivity contribution >= 4 is 40.2 Å². The number of benzene rings is 1. The summed E-state index contributed by atoms with van der Waals surface area (Å²) in [6, 6.07) is 4.10. The van der Waals surface area contributed by atoms with Crippen LogP contribution in [0, 0.1) is 5.82 Å². The van der Waals surface area contributed by atoms with Crippen LogP contribution in [-0.2, 0) is 4.79 Å². The van der Waals surface area contributed by atoms with Crippen LogP contribution >= 0.6 is 23.4 Å². The van der Waals surface area contributed by atoms with Gasteiger partial charge < -0.3 is 5.32 Å². The molecule has 0 aromatic heterocycles. The number of hydrogen-bond acceptors (Lipinski definition) is 4. The molecule has 17 heavy (non-hydrogen) atoms. The Bertz CT molecular complexity index is 467. The molecule has 90 valence electrons. The fraction of sp³-hybridized carbons (Fsp3) is 0.200. The van der Waals surface area contributed by atoms with Gasteiger partial charge in [0.2, 0.25) is 5.91 Å². The quantitative estimate of drug-likeness (QED) is 0.920. The van der Waals surface area contributed by atoms with Gasteiger partial charge in [0.15, 0.2) is 0 Å². The molecule has 1 N–H and O–H groups in total. The van der Waals surface area contributed by atoms with Crippen LogP contribution in [0.1, 0.15) is 0 Å². The van der Waals surface area contributed by atoms with E-state index in [9.17, 15) is 14.0 Å². The van der Waals surface area contributed by atoms with Crippen molar-refractivity contribution in [2.24, 2.45) is 0 Å². The minimum absolute atomic E-state index is 0.0107. The fourth-order valence-electron chi connectivity index (χ4n) is 1.31. The lowest BCUT2D eigenvalue weighted by Crippen LogP contribution is -2.33. The molecule has 0 spiro atoms. The van der Waals surface area contributed by atoms with E-state index in [1.54, 1.807) is 0 Å². The van der Waals surface area contributed by atoms with E-state index in [0.29, 0.717) is 5.69 Å². The highest BCUT2D eigenvalue weighted by Crippen LogP contribution is 2.21. The van der Waals surface area contributed by atoms with Crippen molar-refractivity contribution in [2.75, 3.05) is 17.7 Å². The highest BCUT2D eigenvalue weighted by atomic mass is 35.5. The zero-order chi connectivity index (χ0) is 12.4. The van der Waals surface area contributed by atoms with E-state index in [1.165, 1.54) is 18.2 Å². The number of halogens is 2. The van der Waals surface area contributed by atoms with Gasteiger partial charge in [0.05, 0.1) is 17.4 Å². The summed E-state index contributed by atoms with van der Waals surface area (Å²) in [5, 5.41) is 2.54. The van der Waals surface area contributed by atoms with Crippen LogP contribution in [-0.4, -0.2) is 28.5 Å². The van der Waals surface area contributed by atoms with Crippen LogP contribution in [0.3, 0.4) is 0 Å². The summed E-state index contributed by atoms with van der Waals surface area (Å²) in [4.78, 5) is 23.7. The maximum absolute atomic E-state index is 12.9. The van der Waals surface area contributed by atoms with Gasteiger partial charge in [0.25, 0.3) is 5.24 Å². The van der Waals surface area contributed by atoms with Crippen molar-refractivity contribution < 1.29 is 14.0 Å². The number of anilines is 1. The average molecular weight is 275 g/mol. The largest absolute Gasteiger partial charge is 0.367 e. The van der Waals surface area contributed by atoms with Gasteiger partial charge in [0.1, 0.15) is 5.82 Å². The summed E-state index contributed by atoms with van der Waals surface area (Å²) in [7, 11) is 0. The van der Waals surface area contributed by atoms with Gasteiger partial charge in [-0.15, -0.1) is 0 Å². The number of carbonyl (C=O) groups excluding carboxylic acids is 2. The molecule has 2 amide bonds. The van der Waals surface area contributed by atoms with Gasteiger partial charge in [-0.05, 0) is 18.2 Å². The molecule has 1 fully saturated rings. The van der Waals surface area contributed by atoms with Gasteiger partial charge in [-0.1, -0.05) is 23.4 Å². The summed E-state index contributed by atoms with van der Waals surface area (Å²) in [6.07, 6.45) is 0. The Morgan fingerprint density at radius 3 is 2.82 bits per heavy atom. The Morgan fingerprint density at radius 1 is 1.47 bits per heavy atom. The monoisotopic (exact) mass is 274 g/mol. The third kappa shape index (κ3) is 2.70. The molecule has 2 rings (SSSR count). The van der Waals surface area contributed by atoms with Gasteiger partial charge in [0, 0.05) is 5.69 Å². The molecule has 7 heteroatoms. The van der Waals surface area contributed by atoms with Gasteiger partial charge in [-0.3, -0.25) is 14.5 Å². The normalized spacial score (nSPS) is 15.5. The molecular formula is C10H8ClFN2O2S. The highest BCUT2D eigenvalue weighted by Gasteiger charge is 2.29. The van der Waals surface area contributed by atoms with E-state index in [1.807, 2.05) is 0 Å². The van der Waals surface area contributed by atoms with Crippen LogP contribution in [0.2, 0.25) is 5.02 Å². The van der Waals surface area contributed by atoms with Crippen molar-refractivity contribution in [2.45, 2.75) is 0 Å². The van der Waals surface area contributed by atoms with Crippen molar-refractivity contribution in [3.8, 4) is 0 Å².